The minimum Gasteiger partial charge on any atom is -0.478 e. The summed E-state index contributed by atoms with van der Waals surface area (Å²) in [7, 11) is 0. The van der Waals surface area contributed by atoms with Crippen molar-refractivity contribution in [2.75, 3.05) is 6.61 Å². The van der Waals surface area contributed by atoms with Crippen LogP contribution in [0.4, 0.5) is 4.39 Å². The summed E-state index contributed by atoms with van der Waals surface area (Å²) in [6.45, 7) is 2.30. The number of hydrogen-bond donors (Lipinski definition) is 1. The van der Waals surface area contributed by atoms with E-state index in [0.29, 0.717) is 6.61 Å². The first-order valence-corrected chi connectivity index (χ1v) is 4.37. The quantitative estimate of drug-likeness (QED) is 0.581. The molecule has 0 saturated carbocycles. The summed E-state index contributed by atoms with van der Waals surface area (Å²) in [4.78, 5) is 0. The van der Waals surface area contributed by atoms with E-state index in [2.05, 4.69) is 0 Å². The molecule has 1 rings (SSSR count). The van der Waals surface area contributed by atoms with E-state index in [1.165, 1.54) is 18.2 Å². The van der Waals surface area contributed by atoms with Crippen LogP contribution in [0.3, 0.4) is 0 Å². The van der Waals surface area contributed by atoms with Crippen molar-refractivity contribution in [3.8, 4) is 0 Å². The Balaban J connectivity index is 2.60. The lowest BCUT2D eigenvalue weighted by atomic mass is 10.2. The second kappa shape index (κ2) is 5.17. The molecule has 0 bridgehead atoms. The number of hydrogen-bond acceptors (Lipinski definition) is 2. The van der Waals surface area contributed by atoms with E-state index in [-0.39, 0.29) is 11.7 Å². The normalized spacial score (nSPS) is 10.4. The summed E-state index contributed by atoms with van der Waals surface area (Å²) >= 11 is 0. The number of halogens is 1. The van der Waals surface area contributed by atoms with Gasteiger partial charge >= 0.3 is 0 Å². The molecule has 14 heavy (non-hydrogen) atoms. The zero-order valence-electron chi connectivity index (χ0n) is 7.96. The van der Waals surface area contributed by atoms with Crippen molar-refractivity contribution in [3.05, 3.63) is 41.7 Å². The number of nitrogens with one attached hydrogen (secondary N) is 1. The van der Waals surface area contributed by atoms with Crippen LogP contribution in [-0.2, 0) is 4.74 Å². The molecule has 74 valence electrons. The zero-order chi connectivity index (χ0) is 10.4. The van der Waals surface area contributed by atoms with E-state index in [9.17, 15) is 4.39 Å². The Morgan fingerprint density at radius 2 is 2.07 bits per heavy atom. The second-order valence-corrected chi connectivity index (χ2v) is 2.68. The lowest BCUT2D eigenvalue weighted by molar-refractivity contribution is 0.327. The van der Waals surface area contributed by atoms with E-state index in [1.54, 1.807) is 18.2 Å². The summed E-state index contributed by atoms with van der Waals surface area (Å²) < 4.78 is 17.4. The molecule has 0 radical (unpaired) electrons. The lowest BCUT2D eigenvalue weighted by Gasteiger charge is -1.98. The largest absolute Gasteiger partial charge is 0.478 e. The Bertz CT molecular complexity index is 330. The molecule has 1 N–H and O–H groups in total. The molecule has 0 aromatic heterocycles. The first kappa shape index (κ1) is 10.4. The maximum atomic E-state index is 12.5. The molecule has 0 saturated heterocycles. The van der Waals surface area contributed by atoms with Gasteiger partial charge in [-0.3, -0.25) is 5.41 Å². The Morgan fingerprint density at radius 1 is 1.43 bits per heavy atom. The van der Waals surface area contributed by atoms with Gasteiger partial charge in [0.05, 0.1) is 6.61 Å². The fraction of sp³-hybridized carbons (Fsp3) is 0.182. The van der Waals surface area contributed by atoms with Gasteiger partial charge in [-0.25, -0.2) is 4.39 Å². The molecule has 0 unspecified atom stereocenters. The third kappa shape index (κ3) is 3.39. The van der Waals surface area contributed by atoms with Crippen LogP contribution in [0, 0.1) is 11.2 Å². The topological polar surface area (TPSA) is 33.1 Å². The molecule has 0 aliphatic heterocycles. The molecule has 1 aromatic rings. The first-order chi connectivity index (χ1) is 6.72. The Morgan fingerprint density at radius 3 is 2.64 bits per heavy atom. The van der Waals surface area contributed by atoms with E-state index in [0.717, 1.165) is 5.56 Å². The first-order valence-electron chi connectivity index (χ1n) is 4.37. The molecule has 0 spiro atoms. The van der Waals surface area contributed by atoms with Crippen molar-refractivity contribution in [1.29, 1.82) is 5.41 Å². The van der Waals surface area contributed by atoms with Gasteiger partial charge in [0.2, 0.25) is 5.90 Å². The molecule has 0 aliphatic rings. The van der Waals surface area contributed by atoms with Gasteiger partial charge in [-0.2, -0.15) is 0 Å². The smallest absolute Gasteiger partial charge is 0.205 e. The third-order valence-corrected chi connectivity index (χ3v) is 1.60. The van der Waals surface area contributed by atoms with Crippen LogP contribution in [0.2, 0.25) is 0 Å². The summed E-state index contributed by atoms with van der Waals surface area (Å²) in [5.74, 6) is -0.154. The maximum Gasteiger partial charge on any atom is 0.205 e. The fourth-order valence-electron chi connectivity index (χ4n) is 0.949. The average molecular weight is 193 g/mol. The summed E-state index contributed by atoms with van der Waals surface area (Å²) in [5.41, 5.74) is 0.843. The highest BCUT2D eigenvalue weighted by Gasteiger charge is 1.91. The van der Waals surface area contributed by atoms with Gasteiger partial charge in [0, 0.05) is 6.08 Å². The molecule has 0 aliphatic carbocycles. The lowest BCUT2D eigenvalue weighted by Crippen LogP contribution is -1.97. The Kier molecular flexibility index (Phi) is 3.85. The fourth-order valence-corrected chi connectivity index (χ4v) is 0.949. The zero-order valence-corrected chi connectivity index (χ0v) is 7.96. The number of ether oxygens (including phenoxy) is 1. The molecule has 2 nitrogen and oxygen atoms in total. The van der Waals surface area contributed by atoms with Crippen LogP contribution >= 0.6 is 0 Å². The monoisotopic (exact) mass is 193 g/mol. The van der Waals surface area contributed by atoms with Crippen LogP contribution in [-0.4, -0.2) is 12.5 Å². The van der Waals surface area contributed by atoms with Crippen molar-refractivity contribution < 1.29 is 9.13 Å². The van der Waals surface area contributed by atoms with Gasteiger partial charge < -0.3 is 4.74 Å². The van der Waals surface area contributed by atoms with Crippen molar-refractivity contribution in [1.82, 2.24) is 0 Å². The summed E-state index contributed by atoms with van der Waals surface area (Å²) in [6.07, 6.45) is 3.24. The summed E-state index contributed by atoms with van der Waals surface area (Å²) in [5, 5.41) is 7.30. The van der Waals surface area contributed by atoms with Crippen LogP contribution in [0.25, 0.3) is 6.08 Å². The van der Waals surface area contributed by atoms with Crippen LogP contribution in [0.15, 0.2) is 30.3 Å². The molecule has 0 amide bonds. The average Bonchev–Trinajstić information content (AvgIpc) is 2.17. The molecule has 0 heterocycles. The number of benzene rings is 1. The van der Waals surface area contributed by atoms with Gasteiger partial charge in [-0.15, -0.1) is 0 Å². The van der Waals surface area contributed by atoms with Gasteiger partial charge in [0.1, 0.15) is 5.82 Å². The molecule has 0 atom stereocenters. The predicted molar refractivity (Wildman–Crippen MR) is 54.8 cm³/mol. The Labute approximate surface area is 82.5 Å². The second-order valence-electron chi connectivity index (χ2n) is 2.68. The molecule has 3 heteroatoms. The standard InChI is InChI=1S/C11H12FNO/c1-2-14-11(13)8-5-9-3-6-10(12)7-4-9/h3-8,13H,2H2,1H3. The third-order valence-electron chi connectivity index (χ3n) is 1.60. The van der Waals surface area contributed by atoms with E-state index in [1.807, 2.05) is 6.92 Å². The highest BCUT2D eigenvalue weighted by molar-refractivity contribution is 5.89. The minimum absolute atomic E-state index is 0.108. The minimum atomic E-state index is -0.262. The van der Waals surface area contributed by atoms with Crippen molar-refractivity contribution in [3.63, 3.8) is 0 Å². The Hall–Kier alpha value is -1.64. The predicted octanol–water partition coefficient (Wildman–Crippen LogP) is 2.85. The SMILES string of the molecule is CCOC(=N)C=Cc1ccc(F)cc1. The highest BCUT2D eigenvalue weighted by Crippen LogP contribution is 2.04. The maximum absolute atomic E-state index is 12.5. The molecule has 0 fully saturated rings. The molecular weight excluding hydrogens is 181 g/mol. The van der Waals surface area contributed by atoms with Crippen LogP contribution in [0.1, 0.15) is 12.5 Å². The van der Waals surface area contributed by atoms with Gasteiger partial charge in [0.15, 0.2) is 0 Å². The van der Waals surface area contributed by atoms with Gasteiger partial charge in [-0.05, 0) is 30.7 Å². The van der Waals surface area contributed by atoms with Gasteiger partial charge in [-0.1, -0.05) is 12.1 Å². The van der Waals surface area contributed by atoms with E-state index in [4.69, 9.17) is 10.1 Å². The van der Waals surface area contributed by atoms with Crippen molar-refractivity contribution >= 4 is 12.0 Å². The van der Waals surface area contributed by atoms with Crippen molar-refractivity contribution in [2.45, 2.75) is 6.92 Å². The van der Waals surface area contributed by atoms with Crippen molar-refractivity contribution in [2.24, 2.45) is 0 Å². The molecule has 1 aromatic carbocycles. The number of rotatable bonds is 3. The highest BCUT2D eigenvalue weighted by atomic mass is 19.1. The van der Waals surface area contributed by atoms with Crippen LogP contribution < -0.4 is 0 Å². The van der Waals surface area contributed by atoms with Gasteiger partial charge in [0.25, 0.3) is 0 Å². The summed E-state index contributed by atoms with van der Waals surface area (Å²) in [6, 6.07) is 6.05. The van der Waals surface area contributed by atoms with Crippen LogP contribution in [0.5, 0.6) is 0 Å². The molecular formula is C11H12FNO. The van der Waals surface area contributed by atoms with E-state index >= 15 is 0 Å². The van der Waals surface area contributed by atoms with E-state index < -0.39 is 0 Å².